The highest BCUT2D eigenvalue weighted by molar-refractivity contribution is 5.81. The number of rotatable bonds is 6. The zero-order valence-electron chi connectivity index (χ0n) is 14.8. The Labute approximate surface area is 130 Å². The average molecular weight is 297 g/mol. The van der Waals surface area contributed by atoms with E-state index < -0.39 is 6.04 Å². The predicted octanol–water partition coefficient (Wildman–Crippen LogP) is 2.23. The zero-order valence-corrected chi connectivity index (χ0v) is 14.8. The summed E-state index contributed by atoms with van der Waals surface area (Å²) < 4.78 is 0. The Balaban J connectivity index is 2.54. The van der Waals surface area contributed by atoms with Gasteiger partial charge in [0.2, 0.25) is 5.91 Å². The largest absolute Gasteiger partial charge is 0.353 e. The van der Waals surface area contributed by atoms with E-state index in [2.05, 4.69) is 44.8 Å². The minimum absolute atomic E-state index is 0.0180. The molecule has 4 heteroatoms. The summed E-state index contributed by atoms with van der Waals surface area (Å²) in [6.07, 6.45) is 2.23. The lowest BCUT2D eigenvalue weighted by Crippen LogP contribution is -2.57. The number of nitrogens with one attached hydrogen (secondary N) is 1. The van der Waals surface area contributed by atoms with Crippen LogP contribution in [0.3, 0.4) is 0 Å². The molecule has 1 saturated heterocycles. The average Bonchev–Trinajstić information content (AvgIpc) is 2.42. The fourth-order valence-electron chi connectivity index (χ4n) is 3.20. The van der Waals surface area contributed by atoms with Crippen molar-refractivity contribution in [2.45, 2.75) is 66.0 Å². The van der Waals surface area contributed by atoms with Gasteiger partial charge in [-0.3, -0.25) is 9.69 Å². The molecule has 4 nitrogen and oxygen atoms in total. The highest BCUT2D eigenvalue weighted by Crippen LogP contribution is 2.26. The van der Waals surface area contributed by atoms with Gasteiger partial charge in [0.1, 0.15) is 0 Å². The van der Waals surface area contributed by atoms with E-state index in [-0.39, 0.29) is 17.4 Å². The van der Waals surface area contributed by atoms with Crippen molar-refractivity contribution in [1.82, 2.24) is 10.2 Å². The fraction of sp³-hybridized carbons (Fsp3) is 0.941. The maximum absolute atomic E-state index is 12.1. The second-order valence-corrected chi connectivity index (χ2v) is 7.79. The van der Waals surface area contributed by atoms with Gasteiger partial charge in [0.05, 0.1) is 6.04 Å². The number of amides is 1. The molecule has 0 aromatic rings. The molecular formula is C17H35N3O. The van der Waals surface area contributed by atoms with E-state index in [1.165, 1.54) is 6.42 Å². The van der Waals surface area contributed by atoms with E-state index in [1.54, 1.807) is 0 Å². The number of nitrogens with two attached hydrogens (primary N) is 1. The Morgan fingerprint density at radius 3 is 2.33 bits per heavy atom. The number of carbonyl (C=O) groups excluding carboxylic acids is 1. The first-order valence-corrected chi connectivity index (χ1v) is 8.45. The minimum atomic E-state index is -0.398. The van der Waals surface area contributed by atoms with E-state index >= 15 is 0 Å². The summed E-state index contributed by atoms with van der Waals surface area (Å²) in [5, 5.41) is 3.06. The van der Waals surface area contributed by atoms with Crippen LogP contribution in [0.15, 0.2) is 0 Å². The van der Waals surface area contributed by atoms with Crippen LogP contribution in [0.5, 0.6) is 0 Å². The Morgan fingerprint density at radius 2 is 1.86 bits per heavy atom. The molecule has 0 aromatic heterocycles. The van der Waals surface area contributed by atoms with Gasteiger partial charge < -0.3 is 11.1 Å². The molecule has 1 fully saturated rings. The van der Waals surface area contributed by atoms with Gasteiger partial charge in [-0.05, 0) is 38.0 Å². The Kier molecular flexibility index (Phi) is 6.67. The van der Waals surface area contributed by atoms with Crippen LogP contribution in [0, 0.1) is 17.8 Å². The van der Waals surface area contributed by atoms with Crippen molar-refractivity contribution < 1.29 is 4.79 Å². The van der Waals surface area contributed by atoms with Crippen LogP contribution in [0.25, 0.3) is 0 Å². The third-order valence-corrected chi connectivity index (χ3v) is 4.98. The van der Waals surface area contributed by atoms with E-state index in [0.29, 0.717) is 6.54 Å². The van der Waals surface area contributed by atoms with Crippen LogP contribution < -0.4 is 11.1 Å². The van der Waals surface area contributed by atoms with Crippen LogP contribution >= 0.6 is 0 Å². The lowest BCUT2D eigenvalue weighted by Gasteiger charge is -2.45. The van der Waals surface area contributed by atoms with E-state index in [9.17, 15) is 4.79 Å². The number of nitrogens with zero attached hydrogens (tertiary/aromatic N) is 1. The van der Waals surface area contributed by atoms with Crippen LogP contribution in [0.2, 0.25) is 0 Å². The van der Waals surface area contributed by atoms with Crippen molar-refractivity contribution in [3.63, 3.8) is 0 Å². The number of likely N-dealkylation sites (tertiary alicyclic amines) is 1. The smallest absolute Gasteiger partial charge is 0.237 e. The second kappa shape index (κ2) is 7.59. The molecule has 1 amide bonds. The highest BCUT2D eigenvalue weighted by atomic mass is 16.2. The third kappa shape index (κ3) is 5.26. The first-order chi connectivity index (χ1) is 9.67. The lowest BCUT2D eigenvalue weighted by atomic mass is 9.88. The van der Waals surface area contributed by atoms with Crippen LogP contribution in [0.1, 0.15) is 54.4 Å². The first kappa shape index (κ1) is 18.4. The summed E-state index contributed by atoms with van der Waals surface area (Å²) in [5.41, 5.74) is 5.98. The zero-order chi connectivity index (χ0) is 16.2. The lowest BCUT2D eigenvalue weighted by molar-refractivity contribution is -0.124. The number of hydrogen-bond acceptors (Lipinski definition) is 3. The maximum Gasteiger partial charge on any atom is 0.237 e. The predicted molar refractivity (Wildman–Crippen MR) is 89.0 cm³/mol. The maximum atomic E-state index is 12.1. The van der Waals surface area contributed by atoms with Crippen LogP contribution in [0.4, 0.5) is 0 Å². The van der Waals surface area contributed by atoms with Gasteiger partial charge in [-0.1, -0.05) is 34.1 Å². The molecule has 0 aromatic carbocycles. The topological polar surface area (TPSA) is 58.4 Å². The molecule has 0 radical (unpaired) electrons. The van der Waals surface area contributed by atoms with Gasteiger partial charge in [0, 0.05) is 25.2 Å². The van der Waals surface area contributed by atoms with Gasteiger partial charge in [-0.25, -0.2) is 0 Å². The summed E-state index contributed by atoms with van der Waals surface area (Å²) in [7, 11) is 0. The van der Waals surface area contributed by atoms with Crippen LogP contribution in [-0.2, 0) is 4.79 Å². The number of carbonyl (C=O) groups is 1. The van der Waals surface area contributed by atoms with Gasteiger partial charge in [-0.2, -0.15) is 0 Å². The summed E-state index contributed by atoms with van der Waals surface area (Å²) >= 11 is 0. The van der Waals surface area contributed by atoms with E-state index in [4.69, 9.17) is 5.73 Å². The molecule has 124 valence electrons. The van der Waals surface area contributed by atoms with E-state index in [1.807, 2.05) is 6.92 Å². The van der Waals surface area contributed by atoms with Crippen molar-refractivity contribution in [3.8, 4) is 0 Å². The molecule has 3 N–H and O–H groups in total. The summed E-state index contributed by atoms with van der Waals surface area (Å²) in [6.45, 7) is 16.1. The minimum Gasteiger partial charge on any atom is -0.353 e. The molecule has 4 atom stereocenters. The third-order valence-electron chi connectivity index (χ3n) is 4.98. The van der Waals surface area contributed by atoms with Gasteiger partial charge in [0.15, 0.2) is 0 Å². The van der Waals surface area contributed by atoms with E-state index in [0.717, 1.165) is 31.3 Å². The first-order valence-electron chi connectivity index (χ1n) is 8.45. The van der Waals surface area contributed by atoms with Gasteiger partial charge >= 0.3 is 0 Å². The van der Waals surface area contributed by atoms with Gasteiger partial charge in [-0.15, -0.1) is 0 Å². The normalized spacial score (nSPS) is 27.2. The van der Waals surface area contributed by atoms with Crippen molar-refractivity contribution in [3.05, 3.63) is 0 Å². The molecule has 21 heavy (non-hydrogen) atoms. The number of hydrogen-bond donors (Lipinski definition) is 2. The molecule has 1 rings (SSSR count). The molecule has 1 heterocycles. The standard InChI is InChI=1S/C17H35N3O/c1-7-14(4)15(18)16(21)19-11-17(5,6)20-9-12(2)8-13(3)10-20/h12-15H,7-11,18H2,1-6H3,(H,19,21). The molecule has 0 bridgehead atoms. The Hall–Kier alpha value is -0.610. The fourth-order valence-corrected chi connectivity index (χ4v) is 3.20. The van der Waals surface area contributed by atoms with Crippen molar-refractivity contribution >= 4 is 5.91 Å². The van der Waals surface area contributed by atoms with Crippen molar-refractivity contribution in [2.24, 2.45) is 23.5 Å². The monoisotopic (exact) mass is 297 g/mol. The number of piperidine rings is 1. The summed E-state index contributed by atoms with van der Waals surface area (Å²) in [5.74, 6) is 1.66. The second-order valence-electron chi connectivity index (χ2n) is 7.79. The molecule has 4 unspecified atom stereocenters. The summed E-state index contributed by atoms with van der Waals surface area (Å²) in [6, 6.07) is -0.398. The Morgan fingerprint density at radius 1 is 1.33 bits per heavy atom. The van der Waals surface area contributed by atoms with Crippen molar-refractivity contribution in [1.29, 1.82) is 0 Å². The van der Waals surface area contributed by atoms with Crippen molar-refractivity contribution in [2.75, 3.05) is 19.6 Å². The molecular weight excluding hydrogens is 262 g/mol. The quantitative estimate of drug-likeness (QED) is 0.790. The molecule has 0 saturated carbocycles. The Bertz CT molecular complexity index is 333. The molecule has 0 aliphatic carbocycles. The van der Waals surface area contributed by atoms with Crippen LogP contribution in [-0.4, -0.2) is 42.0 Å². The van der Waals surface area contributed by atoms with Gasteiger partial charge in [0.25, 0.3) is 0 Å². The summed E-state index contributed by atoms with van der Waals surface area (Å²) in [4.78, 5) is 14.7. The SMILES string of the molecule is CCC(C)C(N)C(=O)NCC(C)(C)N1CC(C)CC(C)C1. The molecule has 1 aliphatic heterocycles. The molecule has 0 spiro atoms. The highest BCUT2D eigenvalue weighted by Gasteiger charge is 2.33. The molecule has 1 aliphatic rings.